The standard InChI is InChI=1S/C18H13NOS/c1-11-17(13-7-2-4-8-15(13)19-11)18(20)14-10-21-16-9-5-3-6-12(14)16/h2-10,19H,1H3. The molecule has 21 heavy (non-hydrogen) atoms. The topological polar surface area (TPSA) is 32.9 Å². The first-order valence-electron chi connectivity index (χ1n) is 6.84. The van der Waals surface area contributed by atoms with Gasteiger partial charge in [-0.2, -0.15) is 0 Å². The van der Waals surface area contributed by atoms with Crippen LogP contribution in [0, 0.1) is 6.92 Å². The molecular formula is C18H13NOS. The fraction of sp³-hybridized carbons (Fsp3) is 0.0556. The van der Waals surface area contributed by atoms with Crippen molar-refractivity contribution in [1.82, 2.24) is 4.98 Å². The highest BCUT2D eigenvalue weighted by Crippen LogP contribution is 2.31. The van der Waals surface area contributed by atoms with Gasteiger partial charge in [0.25, 0.3) is 0 Å². The van der Waals surface area contributed by atoms with Crippen LogP contribution in [0.15, 0.2) is 53.9 Å². The van der Waals surface area contributed by atoms with Crippen molar-refractivity contribution >= 4 is 38.1 Å². The molecular weight excluding hydrogens is 278 g/mol. The van der Waals surface area contributed by atoms with Gasteiger partial charge in [0.05, 0.1) is 5.56 Å². The minimum atomic E-state index is 0.0994. The maximum absolute atomic E-state index is 13.0. The first-order valence-corrected chi connectivity index (χ1v) is 7.72. The third-order valence-corrected chi connectivity index (χ3v) is 4.81. The zero-order chi connectivity index (χ0) is 14.4. The van der Waals surface area contributed by atoms with E-state index in [-0.39, 0.29) is 5.78 Å². The minimum absolute atomic E-state index is 0.0994. The Labute approximate surface area is 126 Å². The predicted molar refractivity (Wildman–Crippen MR) is 88.3 cm³/mol. The van der Waals surface area contributed by atoms with E-state index in [9.17, 15) is 4.79 Å². The van der Waals surface area contributed by atoms with Gasteiger partial charge < -0.3 is 4.98 Å². The average Bonchev–Trinajstić information content (AvgIpc) is 3.06. The van der Waals surface area contributed by atoms with Gasteiger partial charge in [0.1, 0.15) is 0 Å². The highest BCUT2D eigenvalue weighted by molar-refractivity contribution is 7.17. The average molecular weight is 291 g/mol. The van der Waals surface area contributed by atoms with Crippen LogP contribution in [0.5, 0.6) is 0 Å². The summed E-state index contributed by atoms with van der Waals surface area (Å²) in [7, 11) is 0. The van der Waals surface area contributed by atoms with Crippen LogP contribution in [0.1, 0.15) is 21.6 Å². The third kappa shape index (κ3) is 1.82. The molecule has 0 spiro atoms. The number of aromatic nitrogens is 1. The first kappa shape index (κ1) is 12.4. The smallest absolute Gasteiger partial charge is 0.196 e. The second kappa shape index (κ2) is 4.57. The van der Waals surface area contributed by atoms with E-state index in [0.717, 1.165) is 37.8 Å². The molecule has 4 aromatic rings. The number of ketones is 1. The normalized spacial score (nSPS) is 11.3. The maximum atomic E-state index is 13.0. The highest BCUT2D eigenvalue weighted by atomic mass is 32.1. The summed E-state index contributed by atoms with van der Waals surface area (Å²) in [5, 5.41) is 4.00. The van der Waals surface area contributed by atoms with Crippen LogP contribution in [0.3, 0.4) is 0 Å². The van der Waals surface area contributed by atoms with Gasteiger partial charge in [-0.3, -0.25) is 4.79 Å². The lowest BCUT2D eigenvalue weighted by atomic mass is 10.00. The van der Waals surface area contributed by atoms with Gasteiger partial charge >= 0.3 is 0 Å². The number of hydrogen-bond donors (Lipinski definition) is 1. The molecule has 4 rings (SSSR count). The molecule has 3 heteroatoms. The molecule has 2 nitrogen and oxygen atoms in total. The molecule has 102 valence electrons. The number of hydrogen-bond acceptors (Lipinski definition) is 2. The van der Waals surface area contributed by atoms with Gasteiger partial charge in [-0.25, -0.2) is 0 Å². The van der Waals surface area contributed by atoms with Crippen molar-refractivity contribution in [2.24, 2.45) is 0 Å². The summed E-state index contributed by atoms with van der Waals surface area (Å²) in [4.78, 5) is 16.3. The van der Waals surface area contributed by atoms with Gasteiger partial charge in [-0.15, -0.1) is 11.3 Å². The molecule has 0 aliphatic carbocycles. The summed E-state index contributed by atoms with van der Waals surface area (Å²) in [5.41, 5.74) is 3.52. The van der Waals surface area contributed by atoms with E-state index in [2.05, 4.69) is 11.1 Å². The first-order chi connectivity index (χ1) is 10.3. The van der Waals surface area contributed by atoms with E-state index in [0.29, 0.717) is 0 Å². The molecule has 0 radical (unpaired) electrons. The van der Waals surface area contributed by atoms with Crippen LogP contribution in [0.4, 0.5) is 0 Å². The minimum Gasteiger partial charge on any atom is -0.358 e. The summed E-state index contributed by atoms with van der Waals surface area (Å²) in [6.07, 6.45) is 0. The Balaban J connectivity index is 1.96. The Hall–Kier alpha value is -2.39. The van der Waals surface area contributed by atoms with Crippen LogP contribution >= 0.6 is 11.3 Å². The van der Waals surface area contributed by atoms with Gasteiger partial charge in [0.15, 0.2) is 5.78 Å². The molecule has 0 aliphatic heterocycles. The number of para-hydroxylation sites is 1. The van der Waals surface area contributed by atoms with Crippen LogP contribution in [-0.2, 0) is 0 Å². The molecule has 0 saturated heterocycles. The Morgan fingerprint density at radius 3 is 2.57 bits per heavy atom. The van der Waals surface area contributed by atoms with Crippen molar-refractivity contribution in [1.29, 1.82) is 0 Å². The number of carbonyl (C=O) groups is 1. The van der Waals surface area contributed by atoms with E-state index in [1.54, 1.807) is 11.3 Å². The number of thiophene rings is 1. The van der Waals surface area contributed by atoms with Crippen LogP contribution < -0.4 is 0 Å². The van der Waals surface area contributed by atoms with Gasteiger partial charge in [0.2, 0.25) is 0 Å². The fourth-order valence-electron chi connectivity index (χ4n) is 2.86. The number of benzene rings is 2. The largest absolute Gasteiger partial charge is 0.358 e. The summed E-state index contributed by atoms with van der Waals surface area (Å²) < 4.78 is 1.15. The number of nitrogens with one attached hydrogen (secondary N) is 1. The highest BCUT2D eigenvalue weighted by Gasteiger charge is 2.20. The van der Waals surface area contributed by atoms with E-state index in [1.165, 1.54) is 0 Å². The lowest BCUT2D eigenvalue weighted by Crippen LogP contribution is -2.01. The zero-order valence-electron chi connectivity index (χ0n) is 11.5. The molecule has 2 aromatic heterocycles. The van der Waals surface area contributed by atoms with Crippen LogP contribution in [0.2, 0.25) is 0 Å². The van der Waals surface area contributed by atoms with Crippen molar-refractivity contribution in [3.8, 4) is 0 Å². The van der Waals surface area contributed by atoms with Gasteiger partial charge in [-0.1, -0.05) is 36.4 Å². The lowest BCUT2D eigenvalue weighted by Gasteiger charge is -2.00. The zero-order valence-corrected chi connectivity index (χ0v) is 12.3. The molecule has 0 unspecified atom stereocenters. The van der Waals surface area contributed by atoms with Crippen molar-refractivity contribution in [2.45, 2.75) is 6.92 Å². The van der Waals surface area contributed by atoms with Crippen molar-refractivity contribution in [3.05, 3.63) is 70.7 Å². The second-order valence-electron chi connectivity index (χ2n) is 5.15. The van der Waals surface area contributed by atoms with Gasteiger partial charge in [0, 0.05) is 37.6 Å². The monoisotopic (exact) mass is 291 g/mol. The van der Waals surface area contributed by atoms with E-state index in [4.69, 9.17) is 0 Å². The molecule has 1 N–H and O–H groups in total. The summed E-state index contributed by atoms with van der Waals surface area (Å²) in [6.45, 7) is 1.96. The van der Waals surface area contributed by atoms with Gasteiger partial charge in [-0.05, 0) is 19.1 Å². The maximum Gasteiger partial charge on any atom is 0.196 e. The molecule has 2 heterocycles. The van der Waals surface area contributed by atoms with E-state index in [1.807, 2.05) is 54.8 Å². The van der Waals surface area contributed by atoms with Crippen LogP contribution in [-0.4, -0.2) is 10.8 Å². The quantitative estimate of drug-likeness (QED) is 0.522. The van der Waals surface area contributed by atoms with Crippen molar-refractivity contribution in [2.75, 3.05) is 0 Å². The van der Waals surface area contributed by atoms with E-state index < -0.39 is 0 Å². The summed E-state index contributed by atoms with van der Waals surface area (Å²) in [5.74, 6) is 0.0994. The number of H-pyrrole nitrogens is 1. The summed E-state index contributed by atoms with van der Waals surface area (Å²) >= 11 is 1.62. The molecule has 0 saturated carbocycles. The molecule has 2 aromatic carbocycles. The second-order valence-corrected chi connectivity index (χ2v) is 6.06. The number of aromatic amines is 1. The number of fused-ring (bicyclic) bond motifs is 2. The number of carbonyl (C=O) groups excluding carboxylic acids is 1. The van der Waals surface area contributed by atoms with Crippen molar-refractivity contribution < 1.29 is 4.79 Å². The Bertz CT molecular complexity index is 977. The lowest BCUT2D eigenvalue weighted by molar-refractivity contribution is 0.104. The molecule has 0 fully saturated rings. The van der Waals surface area contributed by atoms with Crippen LogP contribution in [0.25, 0.3) is 21.0 Å². The fourth-order valence-corrected chi connectivity index (χ4v) is 3.80. The Kier molecular flexibility index (Phi) is 2.69. The third-order valence-electron chi connectivity index (χ3n) is 3.85. The van der Waals surface area contributed by atoms with E-state index >= 15 is 0 Å². The molecule has 0 bridgehead atoms. The molecule has 0 aliphatic rings. The summed E-state index contributed by atoms with van der Waals surface area (Å²) in [6, 6.07) is 16.0. The Morgan fingerprint density at radius 1 is 1.00 bits per heavy atom. The molecule has 0 atom stereocenters. The number of aryl methyl sites for hydroxylation is 1. The van der Waals surface area contributed by atoms with Crippen molar-refractivity contribution in [3.63, 3.8) is 0 Å². The predicted octanol–water partition coefficient (Wildman–Crippen LogP) is 4.92. The Morgan fingerprint density at radius 2 is 1.71 bits per heavy atom. The number of rotatable bonds is 2. The SMILES string of the molecule is Cc1[nH]c2ccccc2c1C(=O)c1csc2ccccc12. The molecule has 0 amide bonds.